The molecule has 0 atom stereocenters. The van der Waals surface area contributed by atoms with Gasteiger partial charge in [-0.1, -0.05) is 78.1 Å². The maximum atomic E-state index is 5.83. The predicted molar refractivity (Wildman–Crippen MR) is 103 cm³/mol. The molecule has 0 heterocycles. The summed E-state index contributed by atoms with van der Waals surface area (Å²) < 4.78 is 11.7. The van der Waals surface area contributed by atoms with E-state index in [1.165, 1.54) is 75.8 Å². The van der Waals surface area contributed by atoms with Crippen molar-refractivity contribution < 1.29 is 14.2 Å². The molecule has 0 aromatic heterocycles. The SMILES string of the molecule is CCCCCCCCOP(=S)(OCCCCCCCC)S[NH3+]. The van der Waals surface area contributed by atoms with E-state index < -0.39 is 5.69 Å². The van der Waals surface area contributed by atoms with Gasteiger partial charge in [0.15, 0.2) is 11.6 Å². The summed E-state index contributed by atoms with van der Waals surface area (Å²) in [5.74, 6) is 0. The van der Waals surface area contributed by atoms with Crippen LogP contribution in [0.2, 0.25) is 0 Å². The number of quaternary nitrogens is 1. The van der Waals surface area contributed by atoms with Crippen LogP contribution in [-0.4, -0.2) is 13.2 Å². The molecule has 0 saturated carbocycles. The van der Waals surface area contributed by atoms with Crippen molar-refractivity contribution in [1.82, 2.24) is 0 Å². The van der Waals surface area contributed by atoms with Crippen molar-refractivity contribution in [2.45, 2.75) is 90.9 Å². The normalized spacial score (nSPS) is 12.0. The molecule has 0 aliphatic carbocycles. The van der Waals surface area contributed by atoms with Crippen molar-refractivity contribution in [1.29, 1.82) is 0 Å². The molecule has 134 valence electrons. The van der Waals surface area contributed by atoms with E-state index in [1.807, 2.05) is 0 Å². The number of rotatable bonds is 17. The third kappa shape index (κ3) is 14.5. The van der Waals surface area contributed by atoms with E-state index in [0.29, 0.717) is 0 Å². The summed E-state index contributed by atoms with van der Waals surface area (Å²) in [7, 11) is 0. The molecule has 0 aliphatic rings. The zero-order valence-corrected chi connectivity index (χ0v) is 17.2. The summed E-state index contributed by atoms with van der Waals surface area (Å²) >= 11 is 6.86. The van der Waals surface area contributed by atoms with Crippen LogP contribution < -0.4 is 5.14 Å². The van der Waals surface area contributed by atoms with Gasteiger partial charge in [-0.3, -0.25) is 5.14 Å². The quantitative estimate of drug-likeness (QED) is 0.198. The highest BCUT2D eigenvalue weighted by Gasteiger charge is 2.21. The van der Waals surface area contributed by atoms with Gasteiger partial charge in [-0.05, 0) is 24.6 Å². The van der Waals surface area contributed by atoms with Crippen LogP contribution in [0.3, 0.4) is 0 Å². The highest BCUT2D eigenvalue weighted by molar-refractivity contribution is 8.65. The maximum Gasteiger partial charge on any atom is 0.304 e. The van der Waals surface area contributed by atoms with Crippen molar-refractivity contribution in [2.24, 2.45) is 0 Å². The minimum absolute atomic E-state index is 0.725. The second kappa shape index (κ2) is 16.7. The molecule has 0 bridgehead atoms. The van der Waals surface area contributed by atoms with Crippen molar-refractivity contribution in [3.8, 4) is 0 Å². The molecule has 0 unspecified atom stereocenters. The molecule has 0 aromatic rings. The van der Waals surface area contributed by atoms with E-state index in [1.54, 1.807) is 0 Å². The summed E-state index contributed by atoms with van der Waals surface area (Å²) in [5, 5.41) is 3.85. The fourth-order valence-corrected chi connectivity index (χ4v) is 4.50. The predicted octanol–water partition coefficient (Wildman–Crippen LogP) is 5.86. The molecule has 0 aromatic carbocycles. The first kappa shape index (κ1) is 22.9. The van der Waals surface area contributed by atoms with Crippen LogP contribution in [0.1, 0.15) is 90.9 Å². The summed E-state index contributed by atoms with van der Waals surface area (Å²) in [5.41, 5.74) is -2.18. The Balaban J connectivity index is 3.57. The fourth-order valence-electron chi connectivity index (χ4n) is 2.23. The lowest BCUT2D eigenvalue weighted by atomic mass is 10.1. The van der Waals surface area contributed by atoms with Gasteiger partial charge in [0.05, 0.1) is 13.2 Å². The Morgan fingerprint density at radius 3 is 1.45 bits per heavy atom. The van der Waals surface area contributed by atoms with Gasteiger partial charge in [0.25, 0.3) is 0 Å². The molecule has 0 saturated heterocycles. The summed E-state index contributed by atoms with van der Waals surface area (Å²) in [4.78, 5) is 0. The minimum atomic E-state index is -2.18. The Bertz CT molecular complexity index is 259. The molecular formula is C16H37NO2PS2+. The third-order valence-electron chi connectivity index (χ3n) is 3.65. The Hall–Kier alpha value is 0.880. The van der Waals surface area contributed by atoms with Gasteiger partial charge in [0.1, 0.15) is 0 Å². The van der Waals surface area contributed by atoms with Gasteiger partial charge in [0, 0.05) is 0 Å². The first-order chi connectivity index (χ1) is 10.7. The number of hydrogen-bond donors (Lipinski definition) is 1. The van der Waals surface area contributed by atoms with Crippen LogP contribution in [0.25, 0.3) is 0 Å². The third-order valence-corrected chi connectivity index (χ3v) is 8.13. The molecule has 0 fully saturated rings. The van der Waals surface area contributed by atoms with E-state index in [-0.39, 0.29) is 0 Å². The lowest BCUT2D eigenvalue weighted by Gasteiger charge is -2.16. The molecule has 6 heteroatoms. The first-order valence-corrected chi connectivity index (χ1v) is 13.2. The van der Waals surface area contributed by atoms with Gasteiger partial charge < -0.3 is 9.05 Å². The Kier molecular flexibility index (Phi) is 17.4. The Labute approximate surface area is 147 Å². The van der Waals surface area contributed by atoms with Gasteiger partial charge in [-0.15, -0.1) is 0 Å². The van der Waals surface area contributed by atoms with E-state index in [9.17, 15) is 0 Å². The van der Waals surface area contributed by atoms with E-state index in [4.69, 9.17) is 20.9 Å². The monoisotopic (exact) mass is 370 g/mol. The first-order valence-electron chi connectivity index (χ1n) is 9.01. The van der Waals surface area contributed by atoms with Crippen molar-refractivity contribution in [3.05, 3.63) is 0 Å². The van der Waals surface area contributed by atoms with E-state index >= 15 is 0 Å². The molecule has 3 N–H and O–H groups in total. The van der Waals surface area contributed by atoms with Crippen molar-refractivity contribution in [2.75, 3.05) is 13.2 Å². The van der Waals surface area contributed by atoms with Crippen LogP contribution in [0.15, 0.2) is 0 Å². The maximum absolute atomic E-state index is 5.83. The lowest BCUT2D eigenvalue weighted by Crippen LogP contribution is -2.36. The van der Waals surface area contributed by atoms with Gasteiger partial charge in [-0.25, -0.2) is 0 Å². The Morgan fingerprint density at radius 1 is 0.727 bits per heavy atom. The minimum Gasteiger partial charge on any atom is -0.318 e. The Morgan fingerprint density at radius 2 is 1.09 bits per heavy atom. The zero-order chi connectivity index (χ0) is 16.5. The number of unbranched alkanes of at least 4 members (excludes halogenated alkanes) is 10. The van der Waals surface area contributed by atoms with Crippen LogP contribution in [0.4, 0.5) is 0 Å². The topological polar surface area (TPSA) is 46.1 Å². The largest absolute Gasteiger partial charge is 0.318 e. The zero-order valence-electron chi connectivity index (χ0n) is 14.7. The molecular weight excluding hydrogens is 333 g/mol. The van der Waals surface area contributed by atoms with E-state index in [2.05, 4.69) is 19.0 Å². The van der Waals surface area contributed by atoms with E-state index in [0.717, 1.165) is 26.1 Å². The standard InChI is InChI=1S/C16H36NO2PS2/c1-3-5-7-9-11-13-15-18-20(21,22-17)19-16-14-12-10-8-6-4-2/h3-17H2,1-2H3/p+1. The van der Waals surface area contributed by atoms with Crippen LogP contribution in [0, 0.1) is 0 Å². The average molecular weight is 371 g/mol. The lowest BCUT2D eigenvalue weighted by molar-refractivity contribution is -0.133. The highest BCUT2D eigenvalue weighted by atomic mass is 32.9. The second-order valence-electron chi connectivity index (χ2n) is 5.78. The van der Waals surface area contributed by atoms with Crippen LogP contribution in [0.5, 0.6) is 0 Å². The summed E-state index contributed by atoms with van der Waals surface area (Å²) in [6.07, 6.45) is 15.2. The number of hydrogen-bond acceptors (Lipinski definition) is 4. The van der Waals surface area contributed by atoms with Gasteiger partial charge in [-0.2, -0.15) is 0 Å². The smallest absolute Gasteiger partial charge is 0.304 e. The van der Waals surface area contributed by atoms with Crippen LogP contribution in [-0.2, 0) is 20.9 Å². The molecule has 0 radical (unpaired) electrons. The molecule has 3 nitrogen and oxygen atoms in total. The molecule has 0 aliphatic heterocycles. The second-order valence-corrected chi connectivity index (χ2v) is 11.8. The summed E-state index contributed by atoms with van der Waals surface area (Å²) in [6.45, 7) is 5.93. The van der Waals surface area contributed by atoms with Crippen molar-refractivity contribution in [3.63, 3.8) is 0 Å². The molecule has 0 spiro atoms. The van der Waals surface area contributed by atoms with Gasteiger partial charge >= 0.3 is 5.69 Å². The molecule has 0 amide bonds. The van der Waals surface area contributed by atoms with Gasteiger partial charge in [0.2, 0.25) is 0 Å². The highest BCUT2D eigenvalue weighted by Crippen LogP contribution is 2.57. The van der Waals surface area contributed by atoms with Crippen LogP contribution >= 0.6 is 17.3 Å². The van der Waals surface area contributed by atoms with Crippen molar-refractivity contribution >= 4 is 29.1 Å². The average Bonchev–Trinajstić information content (AvgIpc) is 2.53. The fraction of sp³-hybridized carbons (Fsp3) is 1.00. The molecule has 0 rings (SSSR count). The summed E-state index contributed by atoms with van der Waals surface area (Å²) in [6, 6.07) is 0. The molecule has 22 heavy (non-hydrogen) atoms.